The van der Waals surface area contributed by atoms with Gasteiger partial charge in [0.15, 0.2) is 28.8 Å². The minimum absolute atomic E-state index is 0.0363. The molecule has 1 spiro atoms. The number of rotatable bonds is 5. The lowest BCUT2D eigenvalue weighted by atomic mass is 9.82. The van der Waals surface area contributed by atoms with Gasteiger partial charge in [0.1, 0.15) is 5.60 Å². The van der Waals surface area contributed by atoms with Crippen molar-refractivity contribution in [2.75, 3.05) is 38.8 Å². The fourth-order valence-electron chi connectivity index (χ4n) is 4.09. The minimum Gasteiger partial charge on any atom is -0.493 e. The number of nitrogens with zero attached hydrogens (tertiary/aromatic N) is 3. The molecule has 0 N–H and O–H groups in total. The highest BCUT2D eigenvalue weighted by Crippen LogP contribution is 2.48. The highest BCUT2D eigenvalue weighted by Gasteiger charge is 2.44. The van der Waals surface area contributed by atoms with Crippen LogP contribution in [0.5, 0.6) is 17.2 Å². The molecule has 1 aromatic carbocycles. The molecule has 9 nitrogen and oxygen atoms in total. The summed E-state index contributed by atoms with van der Waals surface area (Å²) in [7, 11) is 3.09. The van der Waals surface area contributed by atoms with Crippen LogP contribution < -0.4 is 19.1 Å². The van der Waals surface area contributed by atoms with E-state index in [1.807, 2.05) is 0 Å². The molecule has 1 fully saturated rings. The number of ketones is 1. The van der Waals surface area contributed by atoms with Crippen LogP contribution in [-0.4, -0.2) is 61.5 Å². The number of carbonyl (C=O) groups excluding carboxylic acids is 2. The Balaban J connectivity index is 1.50. The van der Waals surface area contributed by atoms with Gasteiger partial charge in [-0.1, -0.05) is 0 Å². The molecule has 2 aliphatic heterocycles. The van der Waals surface area contributed by atoms with E-state index in [0.29, 0.717) is 61.0 Å². The van der Waals surface area contributed by atoms with Crippen LogP contribution in [0, 0.1) is 0 Å². The summed E-state index contributed by atoms with van der Waals surface area (Å²) in [4.78, 5) is 26.7. The number of fused-ring (bicyclic) bond motifs is 1. The van der Waals surface area contributed by atoms with Gasteiger partial charge in [0.2, 0.25) is 5.75 Å². The molecule has 0 aliphatic carbocycles. The smallest absolute Gasteiger partial charge is 0.358 e. The monoisotopic (exact) mass is 427 g/mol. The number of esters is 1. The minimum atomic E-state index is -0.599. The van der Waals surface area contributed by atoms with Crippen LogP contribution in [0.1, 0.15) is 47.0 Å². The first-order valence-corrected chi connectivity index (χ1v) is 10.2. The van der Waals surface area contributed by atoms with E-state index in [-0.39, 0.29) is 18.1 Å². The Kier molecular flexibility index (Phi) is 5.67. The molecule has 9 heteroatoms. The zero-order valence-electron chi connectivity index (χ0n) is 17.8. The highest BCUT2D eigenvalue weighted by atomic mass is 16.5. The molecule has 0 radical (unpaired) electrons. The van der Waals surface area contributed by atoms with Gasteiger partial charge >= 0.3 is 5.97 Å². The summed E-state index contributed by atoms with van der Waals surface area (Å²) < 4.78 is 22.2. The van der Waals surface area contributed by atoms with E-state index in [9.17, 15) is 9.59 Å². The Hall–Kier alpha value is -3.36. The van der Waals surface area contributed by atoms with Crippen molar-refractivity contribution < 1.29 is 28.5 Å². The van der Waals surface area contributed by atoms with Gasteiger partial charge in [-0.3, -0.25) is 4.79 Å². The molecule has 2 aromatic rings. The SMILES string of the molecule is CCOC(=O)c1ccc(N2CCC3(CC2)CC(=O)c2ccc(OC)c(OC)c2O3)nn1. The molecule has 31 heavy (non-hydrogen) atoms. The average molecular weight is 427 g/mol. The lowest BCUT2D eigenvalue weighted by Gasteiger charge is -2.44. The van der Waals surface area contributed by atoms with Crippen LogP contribution >= 0.6 is 0 Å². The predicted octanol–water partition coefficient (Wildman–Crippen LogP) is 2.67. The molecule has 4 rings (SSSR count). The normalized spacial score (nSPS) is 17.0. The quantitative estimate of drug-likeness (QED) is 0.667. The number of methoxy groups -OCH3 is 2. The average Bonchev–Trinajstić information content (AvgIpc) is 2.79. The number of piperidine rings is 1. The molecular formula is C22H25N3O6. The second-order valence-electron chi connectivity index (χ2n) is 7.55. The van der Waals surface area contributed by atoms with Crippen LogP contribution in [0.15, 0.2) is 24.3 Å². The first-order valence-electron chi connectivity index (χ1n) is 10.2. The van der Waals surface area contributed by atoms with Gasteiger partial charge < -0.3 is 23.8 Å². The van der Waals surface area contributed by atoms with E-state index in [4.69, 9.17) is 18.9 Å². The summed E-state index contributed by atoms with van der Waals surface area (Å²) in [6, 6.07) is 6.81. The zero-order chi connectivity index (χ0) is 22.0. The van der Waals surface area contributed by atoms with Crippen LogP contribution in [-0.2, 0) is 4.74 Å². The van der Waals surface area contributed by atoms with Gasteiger partial charge in [-0.05, 0) is 31.2 Å². The van der Waals surface area contributed by atoms with Crippen molar-refractivity contribution in [1.29, 1.82) is 0 Å². The first kappa shape index (κ1) is 20.9. The number of hydrogen-bond acceptors (Lipinski definition) is 9. The van der Waals surface area contributed by atoms with Crippen molar-refractivity contribution in [3.05, 3.63) is 35.5 Å². The maximum atomic E-state index is 12.9. The fraction of sp³-hybridized carbons (Fsp3) is 0.455. The summed E-state index contributed by atoms with van der Waals surface area (Å²) in [5.74, 6) is 1.64. The van der Waals surface area contributed by atoms with Crippen LogP contribution in [0.2, 0.25) is 0 Å². The summed E-state index contributed by atoms with van der Waals surface area (Å²) in [6.07, 6.45) is 1.59. The Labute approximate surface area is 180 Å². The summed E-state index contributed by atoms with van der Waals surface area (Å²) in [6.45, 7) is 3.31. The highest BCUT2D eigenvalue weighted by molar-refractivity contribution is 6.01. The molecule has 0 bridgehead atoms. The largest absolute Gasteiger partial charge is 0.493 e. The van der Waals surface area contributed by atoms with Crippen molar-refractivity contribution >= 4 is 17.6 Å². The topological polar surface area (TPSA) is 100 Å². The molecule has 1 aromatic heterocycles. The van der Waals surface area contributed by atoms with E-state index in [1.165, 1.54) is 7.11 Å². The fourth-order valence-corrected chi connectivity index (χ4v) is 4.09. The van der Waals surface area contributed by atoms with Crippen molar-refractivity contribution in [1.82, 2.24) is 10.2 Å². The Bertz CT molecular complexity index is 983. The van der Waals surface area contributed by atoms with Crippen LogP contribution in [0.3, 0.4) is 0 Å². The third-order valence-corrected chi connectivity index (χ3v) is 5.74. The third-order valence-electron chi connectivity index (χ3n) is 5.74. The van der Waals surface area contributed by atoms with E-state index >= 15 is 0 Å². The van der Waals surface area contributed by atoms with Gasteiger partial charge in [0.25, 0.3) is 0 Å². The molecule has 3 heterocycles. The Morgan fingerprint density at radius 2 is 1.90 bits per heavy atom. The number of anilines is 1. The van der Waals surface area contributed by atoms with E-state index in [1.54, 1.807) is 38.3 Å². The van der Waals surface area contributed by atoms with Gasteiger partial charge in [-0.15, -0.1) is 10.2 Å². The second kappa shape index (κ2) is 8.41. The maximum absolute atomic E-state index is 12.9. The standard InChI is InChI=1S/C22H25N3O6/c1-4-30-21(27)15-6-8-18(24-23-15)25-11-9-22(10-12-25)13-16(26)14-5-7-17(28-2)20(29-3)19(14)31-22/h5-8H,4,9-13H2,1-3H3. The second-order valence-corrected chi connectivity index (χ2v) is 7.55. The molecular weight excluding hydrogens is 402 g/mol. The number of aromatic nitrogens is 2. The number of Topliss-reactive ketones (excluding diaryl/α,β-unsaturated/α-hetero) is 1. The summed E-state index contributed by atoms with van der Waals surface area (Å²) >= 11 is 0. The molecule has 164 valence electrons. The van der Waals surface area contributed by atoms with Gasteiger partial charge in [0, 0.05) is 25.9 Å². The van der Waals surface area contributed by atoms with E-state index in [0.717, 1.165) is 0 Å². The van der Waals surface area contributed by atoms with Gasteiger partial charge in [-0.2, -0.15) is 0 Å². The Morgan fingerprint density at radius 1 is 1.13 bits per heavy atom. The molecule has 0 atom stereocenters. The van der Waals surface area contributed by atoms with Crippen LogP contribution in [0.4, 0.5) is 5.82 Å². The molecule has 0 amide bonds. The number of hydrogen-bond donors (Lipinski definition) is 0. The maximum Gasteiger partial charge on any atom is 0.358 e. The molecule has 0 saturated carbocycles. The molecule has 0 unspecified atom stereocenters. The first-order chi connectivity index (χ1) is 15.0. The van der Waals surface area contributed by atoms with Crippen LogP contribution in [0.25, 0.3) is 0 Å². The van der Waals surface area contributed by atoms with Crippen molar-refractivity contribution in [3.8, 4) is 17.2 Å². The van der Waals surface area contributed by atoms with Gasteiger partial charge in [0.05, 0.1) is 32.8 Å². The van der Waals surface area contributed by atoms with Gasteiger partial charge in [-0.25, -0.2) is 4.79 Å². The molecule has 1 saturated heterocycles. The lowest BCUT2D eigenvalue weighted by Crippen LogP contribution is -2.51. The summed E-state index contributed by atoms with van der Waals surface area (Å²) in [5.41, 5.74) is 0.0995. The lowest BCUT2D eigenvalue weighted by molar-refractivity contribution is 0.0207. The third kappa shape index (κ3) is 3.87. The Morgan fingerprint density at radius 3 is 2.52 bits per heavy atom. The van der Waals surface area contributed by atoms with Crippen molar-refractivity contribution in [3.63, 3.8) is 0 Å². The summed E-state index contributed by atoms with van der Waals surface area (Å²) in [5, 5.41) is 8.15. The predicted molar refractivity (Wildman–Crippen MR) is 111 cm³/mol. The van der Waals surface area contributed by atoms with E-state index < -0.39 is 11.6 Å². The van der Waals surface area contributed by atoms with Crippen molar-refractivity contribution in [2.24, 2.45) is 0 Å². The number of benzene rings is 1. The van der Waals surface area contributed by atoms with E-state index in [2.05, 4.69) is 15.1 Å². The number of carbonyl (C=O) groups is 2. The number of ether oxygens (including phenoxy) is 4. The van der Waals surface area contributed by atoms with Crippen molar-refractivity contribution in [2.45, 2.75) is 31.8 Å². The molecule has 2 aliphatic rings. The zero-order valence-corrected chi connectivity index (χ0v) is 17.8.